The third-order valence-electron chi connectivity index (χ3n) is 2.86. The lowest BCUT2D eigenvalue weighted by Gasteiger charge is -2.23. The molecule has 0 saturated carbocycles. The zero-order chi connectivity index (χ0) is 13.1. The van der Waals surface area contributed by atoms with Gasteiger partial charge in [0.2, 0.25) is 10.0 Å². The highest BCUT2D eigenvalue weighted by molar-refractivity contribution is 7.89. The van der Waals surface area contributed by atoms with E-state index in [1.54, 1.807) is 13.1 Å². The van der Waals surface area contributed by atoms with E-state index in [-0.39, 0.29) is 16.8 Å². The van der Waals surface area contributed by atoms with Gasteiger partial charge in [-0.1, -0.05) is 13.3 Å². The third kappa shape index (κ3) is 3.24. The number of alkyl halides is 1. The number of rotatable bonds is 6. The predicted octanol–water partition coefficient (Wildman–Crippen LogP) is 2.56. The summed E-state index contributed by atoms with van der Waals surface area (Å²) in [6, 6.07) is 1.58. The molecule has 0 spiro atoms. The molecule has 1 aromatic rings. The summed E-state index contributed by atoms with van der Waals surface area (Å²) in [5.74, 6) is 0.281. The fourth-order valence-electron chi connectivity index (χ4n) is 1.65. The number of sulfonamides is 1. The monoisotopic (exact) mass is 278 g/mol. The first-order chi connectivity index (χ1) is 7.93. The summed E-state index contributed by atoms with van der Waals surface area (Å²) in [6.07, 6.45) is 3.30. The summed E-state index contributed by atoms with van der Waals surface area (Å²) in [6.45, 7) is 3.95. The quantitative estimate of drug-likeness (QED) is 0.813. The molecule has 0 radical (unpaired) electrons. The second kappa shape index (κ2) is 5.89. The van der Waals surface area contributed by atoms with Gasteiger partial charge < -0.3 is 4.98 Å². The number of nitrogens with one attached hydrogen (secondary N) is 1. The average molecular weight is 279 g/mol. The van der Waals surface area contributed by atoms with Gasteiger partial charge in [0.25, 0.3) is 0 Å². The smallest absolute Gasteiger partial charge is 0.244 e. The predicted molar refractivity (Wildman–Crippen MR) is 69.7 cm³/mol. The van der Waals surface area contributed by atoms with E-state index in [4.69, 9.17) is 11.6 Å². The molecule has 17 heavy (non-hydrogen) atoms. The van der Waals surface area contributed by atoms with Gasteiger partial charge in [-0.05, 0) is 19.4 Å². The van der Waals surface area contributed by atoms with E-state index in [2.05, 4.69) is 4.98 Å². The third-order valence-corrected chi connectivity index (χ3v) is 5.10. The number of aromatic amines is 1. The standard InChI is InChI=1S/C11H19ClN2O2S/c1-4-5-9(2)14(3)17(15,16)11-6-10(7-12)13-8-11/h6,8-9,13H,4-5,7H2,1-3H3. The van der Waals surface area contributed by atoms with Crippen molar-refractivity contribution in [2.24, 2.45) is 0 Å². The largest absolute Gasteiger partial charge is 0.363 e. The molecule has 98 valence electrons. The van der Waals surface area contributed by atoms with Crippen LogP contribution in [0.2, 0.25) is 0 Å². The highest BCUT2D eigenvalue weighted by atomic mass is 35.5. The lowest BCUT2D eigenvalue weighted by atomic mass is 10.2. The molecular formula is C11H19ClN2O2S. The molecule has 1 heterocycles. The first-order valence-corrected chi connectivity index (χ1v) is 7.62. The molecule has 1 unspecified atom stereocenters. The van der Waals surface area contributed by atoms with E-state index in [0.29, 0.717) is 5.69 Å². The normalized spacial score (nSPS) is 14.2. The van der Waals surface area contributed by atoms with Crippen molar-refractivity contribution in [3.63, 3.8) is 0 Å². The molecule has 0 amide bonds. The molecule has 1 rings (SSSR count). The molecule has 0 fully saturated rings. The Balaban J connectivity index is 2.94. The second-order valence-corrected chi connectivity index (χ2v) is 6.42. The summed E-state index contributed by atoms with van der Waals surface area (Å²) < 4.78 is 25.9. The number of nitrogens with zero attached hydrogens (tertiary/aromatic N) is 1. The molecule has 1 aromatic heterocycles. The van der Waals surface area contributed by atoms with Crippen molar-refractivity contribution in [2.45, 2.75) is 43.5 Å². The molecule has 4 nitrogen and oxygen atoms in total. The fourth-order valence-corrected chi connectivity index (χ4v) is 3.21. The van der Waals surface area contributed by atoms with Crippen LogP contribution in [0.4, 0.5) is 0 Å². The zero-order valence-corrected chi connectivity index (χ0v) is 12.0. The minimum Gasteiger partial charge on any atom is -0.363 e. The number of H-pyrrole nitrogens is 1. The summed E-state index contributed by atoms with van der Waals surface area (Å²) in [7, 11) is -1.79. The lowest BCUT2D eigenvalue weighted by molar-refractivity contribution is 0.369. The van der Waals surface area contributed by atoms with E-state index in [9.17, 15) is 8.42 Å². The number of hydrogen-bond donors (Lipinski definition) is 1. The first kappa shape index (κ1) is 14.5. The first-order valence-electron chi connectivity index (χ1n) is 5.64. The highest BCUT2D eigenvalue weighted by Gasteiger charge is 2.25. The Labute approximate surface area is 108 Å². The topological polar surface area (TPSA) is 53.2 Å². The molecule has 0 aromatic carbocycles. The van der Waals surface area contributed by atoms with Crippen molar-refractivity contribution in [3.05, 3.63) is 18.0 Å². The second-order valence-electron chi connectivity index (χ2n) is 4.15. The van der Waals surface area contributed by atoms with Crippen LogP contribution in [0.25, 0.3) is 0 Å². The summed E-state index contributed by atoms with van der Waals surface area (Å²) in [5, 5.41) is 0. The van der Waals surface area contributed by atoms with Crippen LogP contribution in [0.3, 0.4) is 0 Å². The van der Waals surface area contributed by atoms with Crippen LogP contribution < -0.4 is 0 Å². The maximum absolute atomic E-state index is 12.2. The van der Waals surface area contributed by atoms with Crippen molar-refractivity contribution >= 4 is 21.6 Å². The molecule has 0 aliphatic heterocycles. The fraction of sp³-hybridized carbons (Fsp3) is 0.636. The summed E-state index contributed by atoms with van der Waals surface area (Å²) in [5.41, 5.74) is 0.710. The average Bonchev–Trinajstić information content (AvgIpc) is 2.77. The van der Waals surface area contributed by atoms with E-state index in [1.165, 1.54) is 10.5 Å². The van der Waals surface area contributed by atoms with Crippen LogP contribution in [0.15, 0.2) is 17.2 Å². The molecule has 0 aliphatic rings. The Morgan fingerprint density at radius 1 is 1.53 bits per heavy atom. The van der Waals surface area contributed by atoms with E-state index in [1.807, 2.05) is 13.8 Å². The molecular weight excluding hydrogens is 260 g/mol. The molecule has 1 N–H and O–H groups in total. The van der Waals surface area contributed by atoms with Gasteiger partial charge in [-0.25, -0.2) is 8.42 Å². The Bertz CT molecular complexity index is 456. The maximum atomic E-state index is 12.2. The van der Waals surface area contributed by atoms with Gasteiger partial charge in [0, 0.05) is 25.0 Å². The summed E-state index contributed by atoms with van der Waals surface area (Å²) in [4.78, 5) is 3.13. The van der Waals surface area contributed by atoms with Gasteiger partial charge >= 0.3 is 0 Å². The van der Waals surface area contributed by atoms with Crippen molar-refractivity contribution in [1.29, 1.82) is 0 Å². The van der Waals surface area contributed by atoms with Gasteiger partial charge in [-0.2, -0.15) is 4.31 Å². The lowest BCUT2D eigenvalue weighted by Crippen LogP contribution is -2.34. The van der Waals surface area contributed by atoms with Crippen LogP contribution in [0, 0.1) is 0 Å². The zero-order valence-electron chi connectivity index (χ0n) is 10.4. The molecule has 1 atom stereocenters. The van der Waals surface area contributed by atoms with Crippen molar-refractivity contribution in [2.75, 3.05) is 7.05 Å². The minimum absolute atomic E-state index is 0.000600. The van der Waals surface area contributed by atoms with Gasteiger partial charge in [0.15, 0.2) is 0 Å². The Morgan fingerprint density at radius 3 is 2.65 bits per heavy atom. The Kier molecular flexibility index (Phi) is 5.04. The van der Waals surface area contributed by atoms with E-state index >= 15 is 0 Å². The van der Waals surface area contributed by atoms with Gasteiger partial charge in [0.1, 0.15) is 0 Å². The number of aromatic nitrogens is 1. The van der Waals surface area contributed by atoms with Gasteiger partial charge in [-0.15, -0.1) is 11.6 Å². The van der Waals surface area contributed by atoms with E-state index in [0.717, 1.165) is 12.8 Å². The maximum Gasteiger partial charge on any atom is 0.244 e. The van der Waals surface area contributed by atoms with Crippen LogP contribution in [-0.4, -0.2) is 30.8 Å². The van der Waals surface area contributed by atoms with Crippen LogP contribution >= 0.6 is 11.6 Å². The molecule has 0 saturated heterocycles. The summed E-state index contributed by atoms with van der Waals surface area (Å²) >= 11 is 5.64. The number of halogens is 1. The van der Waals surface area contributed by atoms with Crippen molar-refractivity contribution in [1.82, 2.24) is 9.29 Å². The highest BCUT2D eigenvalue weighted by Crippen LogP contribution is 2.19. The van der Waals surface area contributed by atoms with Crippen molar-refractivity contribution in [3.8, 4) is 0 Å². The van der Waals surface area contributed by atoms with E-state index < -0.39 is 10.0 Å². The van der Waals surface area contributed by atoms with Gasteiger partial charge in [-0.3, -0.25) is 0 Å². The number of hydrogen-bond acceptors (Lipinski definition) is 2. The van der Waals surface area contributed by atoms with Crippen molar-refractivity contribution < 1.29 is 8.42 Å². The van der Waals surface area contributed by atoms with Crippen LogP contribution in [-0.2, 0) is 15.9 Å². The van der Waals surface area contributed by atoms with Gasteiger partial charge in [0.05, 0.1) is 10.8 Å². The Hall–Kier alpha value is -0.520. The SMILES string of the molecule is CCCC(C)N(C)S(=O)(=O)c1c[nH]c(CCl)c1. The Morgan fingerprint density at radius 2 is 2.18 bits per heavy atom. The molecule has 0 aliphatic carbocycles. The molecule has 6 heteroatoms. The van der Waals surface area contributed by atoms with Crippen LogP contribution in [0.5, 0.6) is 0 Å². The molecule has 0 bridgehead atoms. The van der Waals surface area contributed by atoms with Crippen LogP contribution in [0.1, 0.15) is 32.4 Å². The minimum atomic E-state index is -3.41.